The number of hydrogen-bond acceptors (Lipinski definition) is 1. The minimum absolute atomic E-state index is 0.0183. The first-order chi connectivity index (χ1) is 7.99. The van der Waals surface area contributed by atoms with Gasteiger partial charge in [-0.3, -0.25) is 4.79 Å². The Bertz CT molecular complexity index is 623. The lowest BCUT2D eigenvalue weighted by molar-refractivity contribution is 1.18. The number of aromatic amines is 1. The maximum absolute atomic E-state index is 11.4. The summed E-state index contributed by atoms with van der Waals surface area (Å²) in [6.07, 6.45) is 1.78. The first-order valence-corrected chi connectivity index (χ1v) is 5.76. The summed E-state index contributed by atoms with van der Waals surface area (Å²) < 4.78 is 0. The van der Waals surface area contributed by atoms with Crippen LogP contribution in [0.3, 0.4) is 0 Å². The van der Waals surface area contributed by atoms with Crippen LogP contribution in [0.1, 0.15) is 22.3 Å². The van der Waals surface area contributed by atoms with Crippen molar-refractivity contribution in [3.05, 3.63) is 57.0 Å². The standard InChI is InChI=1S/C15H17NO/c1-9-5-11(3)14(7-10(9)2)13-6-12(4)15(17)16-8-13/h5-8H,1-4H3,(H,16,17). The lowest BCUT2D eigenvalue weighted by Crippen LogP contribution is -2.08. The van der Waals surface area contributed by atoms with Crippen molar-refractivity contribution >= 4 is 0 Å². The first-order valence-electron chi connectivity index (χ1n) is 5.76. The van der Waals surface area contributed by atoms with E-state index in [0.29, 0.717) is 0 Å². The van der Waals surface area contributed by atoms with Crippen molar-refractivity contribution in [2.24, 2.45) is 0 Å². The molecule has 0 saturated heterocycles. The fraction of sp³-hybridized carbons (Fsp3) is 0.267. The molecule has 1 aromatic carbocycles. The minimum atomic E-state index is -0.0183. The van der Waals surface area contributed by atoms with E-state index < -0.39 is 0 Å². The Hall–Kier alpha value is -1.83. The first kappa shape index (κ1) is 11.6. The van der Waals surface area contributed by atoms with Crippen molar-refractivity contribution in [2.75, 3.05) is 0 Å². The van der Waals surface area contributed by atoms with Crippen molar-refractivity contribution in [2.45, 2.75) is 27.7 Å². The zero-order valence-electron chi connectivity index (χ0n) is 10.7. The molecule has 88 valence electrons. The lowest BCUT2D eigenvalue weighted by atomic mass is 9.96. The summed E-state index contributed by atoms with van der Waals surface area (Å²) in [5.41, 5.74) is 6.80. The molecule has 0 atom stereocenters. The Morgan fingerprint density at radius 3 is 2.12 bits per heavy atom. The van der Waals surface area contributed by atoms with Crippen molar-refractivity contribution in [1.82, 2.24) is 4.98 Å². The van der Waals surface area contributed by atoms with Gasteiger partial charge in [0.15, 0.2) is 0 Å². The molecule has 0 amide bonds. The van der Waals surface area contributed by atoms with E-state index in [2.05, 4.69) is 37.9 Å². The topological polar surface area (TPSA) is 32.9 Å². The van der Waals surface area contributed by atoms with Gasteiger partial charge in [0.25, 0.3) is 5.56 Å². The van der Waals surface area contributed by atoms with Crippen molar-refractivity contribution in [3.8, 4) is 11.1 Å². The van der Waals surface area contributed by atoms with Gasteiger partial charge < -0.3 is 4.98 Å². The van der Waals surface area contributed by atoms with Gasteiger partial charge in [-0.05, 0) is 61.6 Å². The molecule has 0 aliphatic heterocycles. The summed E-state index contributed by atoms with van der Waals surface area (Å²) in [7, 11) is 0. The summed E-state index contributed by atoms with van der Waals surface area (Å²) in [4.78, 5) is 14.1. The van der Waals surface area contributed by atoms with E-state index in [1.165, 1.54) is 22.3 Å². The smallest absolute Gasteiger partial charge is 0.250 e. The highest BCUT2D eigenvalue weighted by Gasteiger charge is 2.05. The third-order valence-corrected chi connectivity index (χ3v) is 3.24. The zero-order valence-corrected chi connectivity index (χ0v) is 10.7. The number of aromatic nitrogens is 1. The lowest BCUT2D eigenvalue weighted by Gasteiger charge is -2.10. The summed E-state index contributed by atoms with van der Waals surface area (Å²) in [6.45, 7) is 8.15. The zero-order chi connectivity index (χ0) is 12.6. The number of nitrogens with one attached hydrogen (secondary N) is 1. The summed E-state index contributed by atoms with van der Waals surface area (Å²) in [5.74, 6) is 0. The molecule has 2 aromatic rings. The fourth-order valence-electron chi connectivity index (χ4n) is 2.02. The van der Waals surface area contributed by atoms with Gasteiger partial charge in [-0.2, -0.15) is 0 Å². The van der Waals surface area contributed by atoms with E-state index in [4.69, 9.17) is 0 Å². The van der Waals surface area contributed by atoms with Gasteiger partial charge in [0, 0.05) is 11.8 Å². The molecule has 0 aliphatic rings. The predicted molar refractivity (Wildman–Crippen MR) is 71.4 cm³/mol. The molecule has 0 radical (unpaired) electrons. The average molecular weight is 227 g/mol. The molecule has 2 rings (SSSR count). The third kappa shape index (κ3) is 2.16. The Kier molecular flexibility index (Phi) is 2.88. The highest BCUT2D eigenvalue weighted by molar-refractivity contribution is 5.68. The van der Waals surface area contributed by atoms with Gasteiger partial charge in [-0.25, -0.2) is 0 Å². The average Bonchev–Trinajstić information content (AvgIpc) is 2.27. The fourth-order valence-corrected chi connectivity index (χ4v) is 2.02. The van der Waals surface area contributed by atoms with Crippen LogP contribution in [0.15, 0.2) is 29.2 Å². The molecule has 0 unspecified atom stereocenters. The summed E-state index contributed by atoms with van der Waals surface area (Å²) in [5, 5.41) is 0. The van der Waals surface area contributed by atoms with Gasteiger partial charge in [-0.15, -0.1) is 0 Å². The van der Waals surface area contributed by atoms with Gasteiger partial charge in [0.1, 0.15) is 0 Å². The maximum Gasteiger partial charge on any atom is 0.250 e. The SMILES string of the molecule is Cc1cc(C)c(-c2c[nH]c(=O)c(C)c2)cc1C. The molecule has 0 saturated carbocycles. The molecular formula is C15H17NO. The molecule has 17 heavy (non-hydrogen) atoms. The van der Waals surface area contributed by atoms with Crippen LogP contribution in [0.2, 0.25) is 0 Å². The van der Waals surface area contributed by atoms with Gasteiger partial charge >= 0.3 is 0 Å². The van der Waals surface area contributed by atoms with Crippen molar-refractivity contribution in [1.29, 1.82) is 0 Å². The number of pyridine rings is 1. The van der Waals surface area contributed by atoms with E-state index in [9.17, 15) is 4.79 Å². The molecule has 0 bridgehead atoms. The quantitative estimate of drug-likeness (QED) is 0.796. The highest BCUT2D eigenvalue weighted by Crippen LogP contribution is 2.25. The second-order valence-electron chi connectivity index (χ2n) is 4.65. The number of aryl methyl sites for hydroxylation is 4. The number of benzene rings is 1. The molecule has 2 nitrogen and oxygen atoms in total. The minimum Gasteiger partial charge on any atom is -0.328 e. The van der Waals surface area contributed by atoms with Crippen LogP contribution in [0.25, 0.3) is 11.1 Å². The van der Waals surface area contributed by atoms with Crippen molar-refractivity contribution in [3.63, 3.8) is 0 Å². The molecule has 0 aliphatic carbocycles. The van der Waals surface area contributed by atoms with Crippen LogP contribution in [0, 0.1) is 27.7 Å². The van der Waals surface area contributed by atoms with Crippen LogP contribution in [0.4, 0.5) is 0 Å². The Labute approximate surface area is 101 Å². The predicted octanol–water partition coefficient (Wildman–Crippen LogP) is 3.28. The molecule has 1 N–H and O–H groups in total. The summed E-state index contributed by atoms with van der Waals surface area (Å²) in [6, 6.07) is 6.30. The normalized spacial score (nSPS) is 10.6. The molecule has 0 fully saturated rings. The van der Waals surface area contributed by atoms with Crippen LogP contribution < -0.4 is 5.56 Å². The van der Waals surface area contributed by atoms with E-state index in [-0.39, 0.29) is 5.56 Å². The summed E-state index contributed by atoms with van der Waals surface area (Å²) >= 11 is 0. The molecule has 1 heterocycles. The highest BCUT2D eigenvalue weighted by atomic mass is 16.1. The molecule has 0 spiro atoms. The van der Waals surface area contributed by atoms with Crippen molar-refractivity contribution < 1.29 is 0 Å². The van der Waals surface area contributed by atoms with E-state index in [1.807, 2.05) is 13.0 Å². The molecule has 1 aromatic heterocycles. The maximum atomic E-state index is 11.4. The van der Waals surface area contributed by atoms with E-state index in [0.717, 1.165) is 11.1 Å². The van der Waals surface area contributed by atoms with Gasteiger partial charge in [0.05, 0.1) is 0 Å². The van der Waals surface area contributed by atoms with E-state index in [1.54, 1.807) is 6.20 Å². The second-order valence-corrected chi connectivity index (χ2v) is 4.65. The molecule has 2 heteroatoms. The molecular weight excluding hydrogens is 210 g/mol. The van der Waals surface area contributed by atoms with Crippen LogP contribution in [0.5, 0.6) is 0 Å². The van der Waals surface area contributed by atoms with Crippen LogP contribution >= 0.6 is 0 Å². The van der Waals surface area contributed by atoms with Crippen LogP contribution in [-0.4, -0.2) is 4.98 Å². The van der Waals surface area contributed by atoms with E-state index >= 15 is 0 Å². The Morgan fingerprint density at radius 2 is 1.47 bits per heavy atom. The largest absolute Gasteiger partial charge is 0.328 e. The van der Waals surface area contributed by atoms with Crippen LogP contribution in [-0.2, 0) is 0 Å². The second kappa shape index (κ2) is 4.21. The Morgan fingerprint density at radius 1 is 0.824 bits per heavy atom. The number of hydrogen-bond donors (Lipinski definition) is 1. The van der Waals surface area contributed by atoms with Gasteiger partial charge in [0.2, 0.25) is 0 Å². The monoisotopic (exact) mass is 227 g/mol. The number of H-pyrrole nitrogens is 1. The third-order valence-electron chi connectivity index (χ3n) is 3.24. The van der Waals surface area contributed by atoms with Gasteiger partial charge in [-0.1, -0.05) is 12.1 Å². The number of rotatable bonds is 1. The Balaban J connectivity index is 2.64.